The van der Waals surface area contributed by atoms with E-state index in [2.05, 4.69) is 42.7 Å². The molecule has 66 valence electrons. The number of hydrogen-bond donors (Lipinski definition) is 2. The van der Waals surface area contributed by atoms with Crippen LogP contribution in [-0.4, -0.2) is 0 Å². The summed E-state index contributed by atoms with van der Waals surface area (Å²) in [5.74, 6) is 0. The first-order valence-corrected chi connectivity index (χ1v) is 4.81. The number of thiol groups is 1. The van der Waals surface area contributed by atoms with Crippen LogP contribution in [0.4, 0.5) is 5.69 Å². The highest BCUT2D eigenvalue weighted by atomic mass is 32.1. The lowest BCUT2D eigenvalue weighted by Crippen LogP contribution is -1.90. The average Bonchev–Trinajstić information content (AvgIpc) is 2.15. The summed E-state index contributed by atoms with van der Waals surface area (Å²) in [7, 11) is 0. The molecule has 0 aromatic heterocycles. The second kappa shape index (κ2) is 5.09. The molecule has 0 bridgehead atoms. The molecule has 1 aromatic carbocycles. The number of nitrogens with one attached hydrogen (secondary N) is 1. The van der Waals surface area contributed by atoms with Crippen LogP contribution in [0.25, 0.3) is 0 Å². The summed E-state index contributed by atoms with van der Waals surface area (Å²) in [4.78, 5) is 0. The Labute approximate surface area is 79.7 Å². The largest absolute Gasteiger partial charge is 0.332 e. The highest BCUT2D eigenvalue weighted by Crippen LogP contribution is 2.17. The molecule has 0 aliphatic heterocycles. The predicted octanol–water partition coefficient (Wildman–Crippen LogP) is 3.29. The number of anilines is 1. The van der Waals surface area contributed by atoms with Gasteiger partial charge in [0.2, 0.25) is 0 Å². The van der Waals surface area contributed by atoms with Crippen LogP contribution in [0.2, 0.25) is 0 Å². The zero-order valence-electron chi connectivity index (χ0n) is 7.38. The summed E-state index contributed by atoms with van der Waals surface area (Å²) < 4.78 is 2.90. The van der Waals surface area contributed by atoms with Crippen LogP contribution >= 0.6 is 12.8 Å². The van der Waals surface area contributed by atoms with Gasteiger partial charge in [-0.1, -0.05) is 44.4 Å². The fourth-order valence-electron chi connectivity index (χ4n) is 1.21. The summed E-state index contributed by atoms with van der Waals surface area (Å²) >= 11 is 4.05. The van der Waals surface area contributed by atoms with Gasteiger partial charge in [0.15, 0.2) is 0 Å². The summed E-state index contributed by atoms with van der Waals surface area (Å²) in [6.07, 6.45) is 3.62. The lowest BCUT2D eigenvalue weighted by molar-refractivity contribution is 0.796. The normalized spacial score (nSPS) is 9.83. The van der Waals surface area contributed by atoms with Gasteiger partial charge < -0.3 is 4.72 Å². The molecule has 0 aliphatic rings. The smallest absolute Gasteiger partial charge is 0.0470 e. The fraction of sp³-hybridized carbons (Fsp3) is 0.400. The summed E-state index contributed by atoms with van der Waals surface area (Å²) in [5, 5.41) is 0. The first-order valence-electron chi connectivity index (χ1n) is 4.36. The number of aryl methyl sites for hydroxylation is 1. The van der Waals surface area contributed by atoms with Crippen LogP contribution in [0.5, 0.6) is 0 Å². The molecule has 1 N–H and O–H groups in total. The van der Waals surface area contributed by atoms with Crippen LogP contribution in [0, 0.1) is 0 Å². The molecule has 0 heterocycles. The Morgan fingerprint density at radius 2 is 2.08 bits per heavy atom. The number of para-hydroxylation sites is 1. The zero-order chi connectivity index (χ0) is 8.81. The van der Waals surface area contributed by atoms with Gasteiger partial charge >= 0.3 is 0 Å². The third-order valence-electron chi connectivity index (χ3n) is 1.94. The lowest BCUT2D eigenvalue weighted by atomic mass is 10.1. The molecule has 12 heavy (non-hydrogen) atoms. The van der Waals surface area contributed by atoms with Gasteiger partial charge in [-0.2, -0.15) is 0 Å². The molecule has 0 fully saturated rings. The van der Waals surface area contributed by atoms with E-state index in [1.807, 2.05) is 6.07 Å². The van der Waals surface area contributed by atoms with E-state index in [1.54, 1.807) is 0 Å². The second-order valence-electron chi connectivity index (χ2n) is 2.87. The summed E-state index contributed by atoms with van der Waals surface area (Å²) in [5.41, 5.74) is 2.49. The molecule has 1 nitrogen and oxygen atoms in total. The van der Waals surface area contributed by atoms with Crippen LogP contribution in [-0.2, 0) is 6.42 Å². The molecule has 0 radical (unpaired) electrons. The van der Waals surface area contributed by atoms with Crippen LogP contribution in [0.3, 0.4) is 0 Å². The molecular weight excluding hydrogens is 166 g/mol. The molecular formula is C10H15NS. The van der Waals surface area contributed by atoms with Crippen molar-refractivity contribution in [2.45, 2.75) is 26.2 Å². The Hall–Kier alpha value is -0.630. The Morgan fingerprint density at radius 1 is 1.33 bits per heavy atom. The van der Waals surface area contributed by atoms with E-state index < -0.39 is 0 Å². The van der Waals surface area contributed by atoms with Gasteiger partial charge in [0.1, 0.15) is 0 Å². The van der Waals surface area contributed by atoms with Crippen molar-refractivity contribution in [2.75, 3.05) is 4.72 Å². The van der Waals surface area contributed by atoms with Gasteiger partial charge in [-0.15, -0.1) is 0 Å². The number of benzene rings is 1. The maximum atomic E-state index is 4.05. The monoisotopic (exact) mass is 181 g/mol. The highest BCUT2D eigenvalue weighted by molar-refractivity contribution is 7.81. The minimum Gasteiger partial charge on any atom is -0.332 e. The molecule has 0 aliphatic carbocycles. The van der Waals surface area contributed by atoms with E-state index in [9.17, 15) is 0 Å². The van der Waals surface area contributed by atoms with E-state index in [1.165, 1.54) is 18.4 Å². The predicted molar refractivity (Wildman–Crippen MR) is 57.7 cm³/mol. The number of rotatable bonds is 4. The minimum atomic E-state index is 1.13. The molecule has 0 saturated heterocycles. The van der Waals surface area contributed by atoms with E-state index in [4.69, 9.17) is 0 Å². The minimum absolute atomic E-state index is 1.13. The molecule has 1 aromatic rings. The number of hydrogen-bond acceptors (Lipinski definition) is 2. The van der Waals surface area contributed by atoms with Crippen molar-refractivity contribution >= 4 is 18.5 Å². The van der Waals surface area contributed by atoms with Crippen molar-refractivity contribution in [2.24, 2.45) is 0 Å². The fourth-order valence-corrected chi connectivity index (χ4v) is 1.43. The van der Waals surface area contributed by atoms with Crippen molar-refractivity contribution < 1.29 is 0 Å². The Bertz CT molecular complexity index is 235. The van der Waals surface area contributed by atoms with Gasteiger partial charge in [-0.3, -0.25) is 0 Å². The SMILES string of the molecule is CCCCc1ccccc1NS. The summed E-state index contributed by atoms with van der Waals surface area (Å²) in [6, 6.07) is 8.29. The average molecular weight is 181 g/mol. The maximum absolute atomic E-state index is 4.05. The van der Waals surface area contributed by atoms with Crippen molar-refractivity contribution in [3.05, 3.63) is 29.8 Å². The van der Waals surface area contributed by atoms with Gasteiger partial charge in [0, 0.05) is 5.69 Å². The van der Waals surface area contributed by atoms with Gasteiger partial charge in [0.25, 0.3) is 0 Å². The standard InChI is InChI=1S/C10H15NS/c1-2-3-6-9-7-4-5-8-10(9)11-12/h4-5,7-8,11-12H,2-3,6H2,1H3. The first kappa shape index (κ1) is 9.46. The third-order valence-corrected chi connectivity index (χ3v) is 2.18. The quantitative estimate of drug-likeness (QED) is 0.679. The van der Waals surface area contributed by atoms with Crippen molar-refractivity contribution in [1.82, 2.24) is 0 Å². The van der Waals surface area contributed by atoms with E-state index >= 15 is 0 Å². The van der Waals surface area contributed by atoms with Crippen molar-refractivity contribution in [3.8, 4) is 0 Å². The third kappa shape index (κ3) is 2.45. The van der Waals surface area contributed by atoms with Crippen LogP contribution < -0.4 is 4.72 Å². The van der Waals surface area contributed by atoms with Crippen LogP contribution in [0.15, 0.2) is 24.3 Å². The molecule has 0 unspecified atom stereocenters. The number of unbranched alkanes of at least 4 members (excludes halogenated alkanes) is 1. The van der Waals surface area contributed by atoms with E-state index in [0.29, 0.717) is 0 Å². The molecule has 0 atom stereocenters. The second-order valence-corrected chi connectivity index (χ2v) is 3.10. The Balaban J connectivity index is 2.68. The van der Waals surface area contributed by atoms with Crippen LogP contribution in [0.1, 0.15) is 25.3 Å². The maximum Gasteiger partial charge on any atom is 0.0470 e. The molecule has 0 spiro atoms. The van der Waals surface area contributed by atoms with E-state index in [-0.39, 0.29) is 0 Å². The highest BCUT2D eigenvalue weighted by Gasteiger charge is 1.97. The van der Waals surface area contributed by atoms with E-state index in [0.717, 1.165) is 12.1 Å². The summed E-state index contributed by atoms with van der Waals surface area (Å²) in [6.45, 7) is 2.21. The van der Waals surface area contributed by atoms with Crippen molar-refractivity contribution in [1.29, 1.82) is 0 Å². The Kier molecular flexibility index (Phi) is 4.01. The first-order chi connectivity index (χ1) is 5.88. The molecule has 2 heteroatoms. The topological polar surface area (TPSA) is 12.0 Å². The zero-order valence-corrected chi connectivity index (χ0v) is 8.27. The lowest BCUT2D eigenvalue weighted by Gasteiger charge is -2.06. The molecule has 1 rings (SSSR count). The van der Waals surface area contributed by atoms with Crippen molar-refractivity contribution in [3.63, 3.8) is 0 Å². The van der Waals surface area contributed by atoms with Gasteiger partial charge in [-0.25, -0.2) is 0 Å². The van der Waals surface area contributed by atoms with Gasteiger partial charge in [-0.05, 0) is 24.5 Å². The van der Waals surface area contributed by atoms with Gasteiger partial charge in [0.05, 0.1) is 0 Å². The molecule has 0 amide bonds. The molecule has 0 saturated carbocycles. The Morgan fingerprint density at radius 3 is 2.75 bits per heavy atom.